The molecule has 0 bridgehead atoms. The lowest BCUT2D eigenvalue weighted by Crippen LogP contribution is -2.35. The second-order valence-corrected chi connectivity index (χ2v) is 7.01. The average Bonchev–Trinajstić information content (AvgIpc) is 2.71. The second-order valence-electron chi connectivity index (χ2n) is 7.01. The molecular formula is C23H20F2N2O2. The molecule has 0 saturated heterocycles. The van der Waals surface area contributed by atoms with Crippen LogP contribution >= 0.6 is 0 Å². The maximum atomic E-state index is 13.8. The molecule has 0 atom stereocenters. The second kappa shape index (κ2) is 7.54. The summed E-state index contributed by atoms with van der Waals surface area (Å²) in [6.07, 6.45) is 0. The van der Waals surface area contributed by atoms with Gasteiger partial charge in [0, 0.05) is 24.8 Å². The smallest absolute Gasteiger partial charge is 0.264 e. The number of rotatable bonds is 4. The molecule has 0 radical (unpaired) electrons. The van der Waals surface area contributed by atoms with Crippen molar-refractivity contribution in [2.75, 3.05) is 23.9 Å². The Morgan fingerprint density at radius 1 is 1.07 bits per heavy atom. The van der Waals surface area contributed by atoms with Crippen molar-refractivity contribution >= 4 is 17.3 Å². The van der Waals surface area contributed by atoms with E-state index in [1.165, 1.54) is 18.2 Å². The van der Waals surface area contributed by atoms with Crippen molar-refractivity contribution in [1.82, 2.24) is 0 Å². The van der Waals surface area contributed by atoms with E-state index in [0.29, 0.717) is 5.75 Å². The first-order valence-corrected chi connectivity index (χ1v) is 9.25. The highest BCUT2D eigenvalue weighted by Gasteiger charge is 2.23. The highest BCUT2D eigenvalue weighted by molar-refractivity contribution is 5.98. The van der Waals surface area contributed by atoms with Crippen LogP contribution in [0.5, 0.6) is 5.75 Å². The molecule has 1 amide bonds. The molecule has 0 spiro atoms. The number of nitrogens with zero attached hydrogens (tertiary/aromatic N) is 1. The number of fused-ring (bicyclic) bond motifs is 1. The third-order valence-electron chi connectivity index (χ3n) is 5.12. The maximum absolute atomic E-state index is 13.8. The molecule has 0 aliphatic carbocycles. The summed E-state index contributed by atoms with van der Waals surface area (Å²) in [5.74, 6) is -0.541. The Morgan fingerprint density at radius 3 is 2.45 bits per heavy atom. The largest absolute Gasteiger partial charge is 0.482 e. The minimum absolute atomic E-state index is 0.0120. The van der Waals surface area contributed by atoms with E-state index in [9.17, 15) is 13.6 Å². The van der Waals surface area contributed by atoms with Crippen LogP contribution in [0.1, 0.15) is 11.1 Å². The molecule has 29 heavy (non-hydrogen) atoms. The minimum Gasteiger partial charge on any atom is -0.482 e. The van der Waals surface area contributed by atoms with Crippen LogP contribution in [0.25, 0.3) is 11.1 Å². The Balaban J connectivity index is 1.55. The standard InChI is InChI=1S/C23H20F2N2O2/c1-14-10-21-22(29-13-23(28)27(21)2)11-17(14)15-6-8-16(9-7-15)26-12-18-19(24)4-3-5-20(18)25/h3-11,26H,12-13H2,1-2H3. The summed E-state index contributed by atoms with van der Waals surface area (Å²) in [7, 11) is 1.74. The van der Waals surface area contributed by atoms with Crippen LogP contribution in [0.15, 0.2) is 54.6 Å². The van der Waals surface area contributed by atoms with Gasteiger partial charge in [-0.1, -0.05) is 18.2 Å². The number of carbonyl (C=O) groups excluding carboxylic acids is 1. The van der Waals surface area contributed by atoms with Gasteiger partial charge in [-0.25, -0.2) is 8.78 Å². The zero-order valence-corrected chi connectivity index (χ0v) is 16.1. The van der Waals surface area contributed by atoms with Crippen LogP contribution in [-0.2, 0) is 11.3 Å². The quantitative estimate of drug-likeness (QED) is 0.684. The van der Waals surface area contributed by atoms with Crippen molar-refractivity contribution in [1.29, 1.82) is 0 Å². The van der Waals surface area contributed by atoms with E-state index in [1.807, 2.05) is 43.3 Å². The van der Waals surface area contributed by atoms with Gasteiger partial charge in [-0.3, -0.25) is 4.79 Å². The number of carbonyl (C=O) groups is 1. The summed E-state index contributed by atoms with van der Waals surface area (Å²) in [5.41, 5.74) is 4.52. The van der Waals surface area contributed by atoms with Crippen LogP contribution in [0.4, 0.5) is 20.2 Å². The van der Waals surface area contributed by atoms with Gasteiger partial charge in [-0.15, -0.1) is 0 Å². The third-order valence-corrected chi connectivity index (χ3v) is 5.12. The fourth-order valence-electron chi connectivity index (χ4n) is 3.39. The van der Waals surface area contributed by atoms with E-state index >= 15 is 0 Å². The summed E-state index contributed by atoms with van der Waals surface area (Å²) in [6.45, 7) is 2.07. The number of nitrogens with one attached hydrogen (secondary N) is 1. The van der Waals surface area contributed by atoms with Gasteiger partial charge in [0.25, 0.3) is 5.91 Å². The predicted octanol–water partition coefficient (Wildman–Crippen LogP) is 4.91. The Hall–Kier alpha value is -3.41. The zero-order chi connectivity index (χ0) is 20.5. The van der Waals surface area contributed by atoms with Crippen molar-refractivity contribution in [2.24, 2.45) is 0 Å². The molecule has 4 rings (SSSR count). The lowest BCUT2D eigenvalue weighted by atomic mass is 9.98. The highest BCUT2D eigenvalue weighted by atomic mass is 19.1. The molecule has 1 N–H and O–H groups in total. The van der Waals surface area contributed by atoms with E-state index < -0.39 is 11.6 Å². The molecule has 1 aliphatic heterocycles. The van der Waals surface area contributed by atoms with Crippen molar-refractivity contribution in [3.05, 3.63) is 77.4 Å². The summed E-state index contributed by atoms with van der Waals surface area (Å²) in [4.78, 5) is 13.4. The monoisotopic (exact) mass is 394 g/mol. The number of ether oxygens (including phenoxy) is 1. The number of hydrogen-bond acceptors (Lipinski definition) is 3. The first kappa shape index (κ1) is 18.9. The molecular weight excluding hydrogens is 374 g/mol. The van der Waals surface area contributed by atoms with Gasteiger partial charge in [-0.2, -0.15) is 0 Å². The predicted molar refractivity (Wildman–Crippen MR) is 109 cm³/mol. The number of likely N-dealkylation sites (N-methyl/N-ethyl adjacent to an activating group) is 1. The number of benzene rings is 3. The van der Waals surface area contributed by atoms with Gasteiger partial charge in [0.2, 0.25) is 0 Å². The SMILES string of the molecule is Cc1cc2c(cc1-c1ccc(NCc3c(F)cccc3F)cc1)OCC(=O)N2C. The third kappa shape index (κ3) is 3.66. The van der Waals surface area contributed by atoms with Gasteiger partial charge in [0.15, 0.2) is 6.61 Å². The molecule has 6 heteroatoms. The lowest BCUT2D eigenvalue weighted by Gasteiger charge is -2.27. The lowest BCUT2D eigenvalue weighted by molar-refractivity contribution is -0.120. The normalized spacial score (nSPS) is 13.1. The van der Waals surface area contributed by atoms with Crippen LogP contribution in [0.3, 0.4) is 0 Å². The first-order valence-electron chi connectivity index (χ1n) is 9.25. The molecule has 4 nitrogen and oxygen atoms in total. The Labute approximate surface area is 167 Å². The molecule has 0 aromatic heterocycles. The summed E-state index contributed by atoms with van der Waals surface area (Å²) >= 11 is 0. The van der Waals surface area contributed by atoms with Gasteiger partial charge in [-0.05, 0) is 60.0 Å². The molecule has 148 valence electrons. The van der Waals surface area contributed by atoms with E-state index in [2.05, 4.69) is 5.32 Å². The van der Waals surface area contributed by atoms with Gasteiger partial charge in [0.05, 0.1) is 5.69 Å². The van der Waals surface area contributed by atoms with E-state index in [-0.39, 0.29) is 24.6 Å². The molecule has 3 aromatic rings. The Kier molecular flexibility index (Phi) is 4.92. The van der Waals surface area contributed by atoms with Crippen molar-refractivity contribution < 1.29 is 18.3 Å². The van der Waals surface area contributed by atoms with Gasteiger partial charge >= 0.3 is 0 Å². The fraction of sp³-hybridized carbons (Fsp3) is 0.174. The molecule has 0 unspecified atom stereocenters. The number of amides is 1. The van der Waals surface area contributed by atoms with Crippen LogP contribution in [0, 0.1) is 18.6 Å². The number of aryl methyl sites for hydroxylation is 1. The highest BCUT2D eigenvalue weighted by Crippen LogP contribution is 2.38. The number of halogens is 2. The number of anilines is 2. The molecule has 1 aliphatic rings. The fourth-order valence-corrected chi connectivity index (χ4v) is 3.39. The van der Waals surface area contributed by atoms with E-state index in [4.69, 9.17) is 4.74 Å². The molecule has 0 fully saturated rings. The van der Waals surface area contributed by atoms with E-state index in [1.54, 1.807) is 11.9 Å². The Morgan fingerprint density at radius 2 is 1.76 bits per heavy atom. The van der Waals surface area contributed by atoms with Crippen LogP contribution in [0.2, 0.25) is 0 Å². The minimum atomic E-state index is -0.567. The summed E-state index contributed by atoms with van der Waals surface area (Å²) < 4.78 is 33.1. The first-order chi connectivity index (χ1) is 13.9. The van der Waals surface area contributed by atoms with Crippen molar-refractivity contribution in [3.8, 4) is 16.9 Å². The van der Waals surface area contributed by atoms with Crippen LogP contribution < -0.4 is 15.0 Å². The van der Waals surface area contributed by atoms with Gasteiger partial charge in [0.1, 0.15) is 17.4 Å². The van der Waals surface area contributed by atoms with Crippen molar-refractivity contribution in [2.45, 2.75) is 13.5 Å². The van der Waals surface area contributed by atoms with E-state index in [0.717, 1.165) is 28.1 Å². The summed E-state index contributed by atoms with van der Waals surface area (Å²) in [5, 5.41) is 3.05. The topological polar surface area (TPSA) is 41.6 Å². The van der Waals surface area contributed by atoms with Crippen LogP contribution in [-0.4, -0.2) is 19.6 Å². The summed E-state index contributed by atoms with van der Waals surface area (Å²) in [6, 6.07) is 15.3. The molecule has 1 heterocycles. The average molecular weight is 394 g/mol. The molecule has 3 aromatic carbocycles. The zero-order valence-electron chi connectivity index (χ0n) is 16.1. The number of hydrogen-bond donors (Lipinski definition) is 1. The Bertz CT molecular complexity index is 1060. The van der Waals surface area contributed by atoms with Crippen molar-refractivity contribution in [3.63, 3.8) is 0 Å². The van der Waals surface area contributed by atoms with Gasteiger partial charge < -0.3 is 15.0 Å². The molecule has 0 saturated carbocycles. The maximum Gasteiger partial charge on any atom is 0.264 e.